The Morgan fingerprint density at radius 3 is 1.50 bits per heavy atom. The monoisotopic (exact) mass is 472 g/mol. The second-order valence-corrected chi connectivity index (χ2v) is 11.1. The molecule has 4 fully saturated rings. The summed E-state index contributed by atoms with van der Waals surface area (Å²) >= 11 is 0. The summed E-state index contributed by atoms with van der Waals surface area (Å²) in [5, 5.41) is 3.32. The van der Waals surface area contributed by atoms with Gasteiger partial charge in [-0.05, 0) is 21.8 Å². The van der Waals surface area contributed by atoms with Crippen molar-refractivity contribution in [1.82, 2.24) is 18.2 Å². The van der Waals surface area contributed by atoms with Crippen molar-refractivity contribution in [2.45, 2.75) is 5.44 Å². The Bertz CT molecular complexity index is 323. The lowest BCUT2D eigenvalue weighted by Crippen LogP contribution is -2.37. The van der Waals surface area contributed by atoms with E-state index in [0.717, 1.165) is 98.6 Å². The van der Waals surface area contributed by atoms with Gasteiger partial charge in [0, 0.05) is 74.3 Å². The quantitative estimate of drug-likeness (QED) is 0.449. The Morgan fingerprint density at radius 1 is 0.607 bits per heavy atom. The summed E-state index contributed by atoms with van der Waals surface area (Å²) in [6, 6.07) is 0. The zero-order valence-electron chi connectivity index (χ0n) is 16.3. The number of nitrogens with one attached hydrogen (secondary N) is 1. The predicted octanol–water partition coefficient (Wildman–Crippen LogP) is 1.42. The van der Waals surface area contributed by atoms with Gasteiger partial charge in [-0.3, -0.25) is 0 Å². The first-order valence-corrected chi connectivity index (χ1v) is 14.1. The highest BCUT2D eigenvalue weighted by Crippen LogP contribution is 2.32. The minimum absolute atomic E-state index is 0.302. The van der Waals surface area contributed by atoms with Gasteiger partial charge in [0.05, 0.1) is 46.2 Å². The topological polar surface area (TPSA) is 58.7 Å². The maximum atomic E-state index is 5.59. The molecule has 0 amide bonds. The molecule has 4 heterocycles. The van der Waals surface area contributed by atoms with Crippen LogP contribution in [0.2, 0.25) is 0 Å². The zero-order valence-corrected chi connectivity index (χ0v) is 19.6. The van der Waals surface area contributed by atoms with Crippen LogP contribution < -0.4 is 5.32 Å². The van der Waals surface area contributed by atoms with Gasteiger partial charge >= 0.3 is 0 Å². The summed E-state index contributed by atoms with van der Waals surface area (Å²) in [5.41, 5.74) is 0.302. The first kappa shape index (κ1) is 23.7. The molecule has 0 saturated carbocycles. The third-order valence-corrected chi connectivity index (χ3v) is 9.70. The molecule has 0 radical (unpaired) electrons. The van der Waals surface area contributed by atoms with Crippen LogP contribution in [0.25, 0.3) is 0 Å². The van der Waals surface area contributed by atoms with E-state index in [0.29, 0.717) is 5.44 Å². The lowest BCUT2D eigenvalue weighted by molar-refractivity contribution is 0.0761. The Kier molecular flexibility index (Phi) is 12.7. The van der Waals surface area contributed by atoms with Crippen LogP contribution in [0.15, 0.2) is 0 Å². The van der Waals surface area contributed by atoms with Crippen LogP contribution in [-0.2, 0) is 18.9 Å². The zero-order chi connectivity index (χ0) is 19.3. The van der Waals surface area contributed by atoms with Crippen molar-refractivity contribution < 1.29 is 18.9 Å². The summed E-state index contributed by atoms with van der Waals surface area (Å²) in [7, 11) is 7.30. The maximum Gasteiger partial charge on any atom is 0.126 e. The van der Waals surface area contributed by atoms with Crippen LogP contribution in [0.3, 0.4) is 0 Å². The molecule has 0 bridgehead atoms. The van der Waals surface area contributed by atoms with E-state index >= 15 is 0 Å². The molecule has 0 spiro atoms. The molecular weight excluding hydrogens is 440 g/mol. The maximum absolute atomic E-state index is 5.59. The molecule has 164 valence electrons. The molecule has 0 aromatic rings. The summed E-state index contributed by atoms with van der Waals surface area (Å²) < 4.78 is 28.5. The number of nitrogens with zero attached hydrogens (tertiary/aromatic N) is 3. The van der Waals surface area contributed by atoms with Gasteiger partial charge in [-0.15, -0.1) is 0 Å². The number of hydrogen-bond acceptors (Lipinski definition) is 12. The Balaban J connectivity index is 0.000000161. The van der Waals surface area contributed by atoms with Crippen molar-refractivity contribution in [3.05, 3.63) is 0 Å². The van der Waals surface area contributed by atoms with E-state index in [1.165, 1.54) is 0 Å². The summed E-state index contributed by atoms with van der Waals surface area (Å²) in [6.45, 7) is 14.2. The average molecular weight is 473 g/mol. The van der Waals surface area contributed by atoms with Gasteiger partial charge in [0.25, 0.3) is 0 Å². The van der Waals surface area contributed by atoms with Crippen LogP contribution in [0, 0.1) is 0 Å². The van der Waals surface area contributed by atoms with Gasteiger partial charge in [-0.25, -0.2) is 12.9 Å². The van der Waals surface area contributed by atoms with Crippen molar-refractivity contribution in [1.29, 1.82) is 0 Å². The molecule has 28 heavy (non-hydrogen) atoms. The van der Waals surface area contributed by atoms with Crippen LogP contribution >= 0.6 is 43.7 Å². The van der Waals surface area contributed by atoms with E-state index in [1.807, 2.05) is 32.9 Å². The predicted molar refractivity (Wildman–Crippen MR) is 120 cm³/mol. The van der Waals surface area contributed by atoms with E-state index < -0.39 is 0 Å². The molecule has 4 aliphatic heterocycles. The molecule has 4 aliphatic rings. The standard InChI is InChI=1S/2C8H16N2O2S2/c1-5-11-6-2-9(1)13-14-10-3-7-12-8-4-10;1-4-12-8(7-9-1)13-14-10-2-5-11-6-3-10/h1-8H2;8-9H,1-7H2. The second-order valence-electron chi connectivity index (χ2n) is 6.45. The fraction of sp³-hybridized carbons (Fsp3) is 1.00. The van der Waals surface area contributed by atoms with Crippen molar-refractivity contribution in [2.75, 3.05) is 98.6 Å². The third-order valence-electron chi connectivity index (χ3n) is 4.30. The molecule has 1 N–H and O–H groups in total. The molecule has 0 aromatic carbocycles. The van der Waals surface area contributed by atoms with Gasteiger partial charge in [0.1, 0.15) is 5.44 Å². The average Bonchev–Trinajstić information content (AvgIpc) is 2.80. The number of morpholine rings is 4. The number of rotatable bonds is 6. The molecule has 12 heteroatoms. The Hall–Kier alpha value is 1.08. The van der Waals surface area contributed by atoms with Gasteiger partial charge in [0.2, 0.25) is 0 Å². The lowest BCUT2D eigenvalue weighted by atomic mass is 10.5. The van der Waals surface area contributed by atoms with Crippen LogP contribution in [0.5, 0.6) is 0 Å². The summed E-state index contributed by atoms with van der Waals surface area (Å²) in [4.78, 5) is 0. The summed E-state index contributed by atoms with van der Waals surface area (Å²) in [6.07, 6.45) is 0. The highest BCUT2D eigenvalue weighted by molar-refractivity contribution is 8.76. The normalized spacial score (nSPS) is 28.5. The fourth-order valence-electron chi connectivity index (χ4n) is 2.67. The van der Waals surface area contributed by atoms with Crippen molar-refractivity contribution >= 4 is 43.7 Å². The van der Waals surface area contributed by atoms with Crippen molar-refractivity contribution in [3.63, 3.8) is 0 Å². The Labute approximate surface area is 184 Å². The molecule has 1 unspecified atom stereocenters. The van der Waals surface area contributed by atoms with Crippen molar-refractivity contribution in [2.24, 2.45) is 0 Å². The molecule has 4 saturated heterocycles. The lowest BCUT2D eigenvalue weighted by Gasteiger charge is -2.29. The van der Waals surface area contributed by atoms with E-state index in [-0.39, 0.29) is 0 Å². The first-order valence-electron chi connectivity index (χ1n) is 9.89. The fourth-order valence-corrected chi connectivity index (χ4v) is 7.24. The first-order chi connectivity index (χ1) is 13.9. The Morgan fingerprint density at radius 2 is 1.07 bits per heavy atom. The smallest absolute Gasteiger partial charge is 0.126 e. The van der Waals surface area contributed by atoms with Crippen LogP contribution in [0.4, 0.5) is 0 Å². The van der Waals surface area contributed by atoms with Gasteiger partial charge in [-0.2, -0.15) is 0 Å². The largest absolute Gasteiger partial charge is 0.379 e. The molecule has 1 atom stereocenters. The third kappa shape index (κ3) is 9.92. The van der Waals surface area contributed by atoms with Gasteiger partial charge in [-0.1, -0.05) is 0 Å². The highest BCUT2D eigenvalue weighted by atomic mass is 33.1. The van der Waals surface area contributed by atoms with Gasteiger partial charge in [0.15, 0.2) is 0 Å². The van der Waals surface area contributed by atoms with Gasteiger partial charge < -0.3 is 24.3 Å². The molecular formula is C16H32N4O4S4. The molecule has 0 aliphatic carbocycles. The van der Waals surface area contributed by atoms with Crippen LogP contribution in [0.1, 0.15) is 0 Å². The van der Waals surface area contributed by atoms with E-state index in [9.17, 15) is 0 Å². The number of hydrogen-bond donors (Lipinski definition) is 1. The minimum Gasteiger partial charge on any atom is -0.379 e. The molecule has 0 aromatic heterocycles. The molecule has 4 rings (SSSR count). The highest BCUT2D eigenvalue weighted by Gasteiger charge is 2.18. The second kappa shape index (κ2) is 15.0. The minimum atomic E-state index is 0.302. The van der Waals surface area contributed by atoms with Crippen molar-refractivity contribution in [3.8, 4) is 0 Å². The van der Waals surface area contributed by atoms with E-state index in [1.54, 1.807) is 10.8 Å². The number of ether oxygens (including phenoxy) is 4. The van der Waals surface area contributed by atoms with E-state index in [4.69, 9.17) is 18.9 Å². The summed E-state index contributed by atoms with van der Waals surface area (Å²) in [5.74, 6) is 0. The SMILES string of the molecule is C1CN(SSN2CCOCC2)CCO1.C1COC(SSN2CCOCC2)CN1. The van der Waals surface area contributed by atoms with Crippen LogP contribution in [-0.4, -0.2) is 117 Å². The van der Waals surface area contributed by atoms with E-state index in [2.05, 4.69) is 18.2 Å². The molecule has 8 nitrogen and oxygen atoms in total.